The molecule has 0 aliphatic rings. The minimum Gasteiger partial charge on any atom is -0.350 e. The van der Waals surface area contributed by atoms with Gasteiger partial charge in [0, 0.05) is 34.7 Å². The molecular formula is C17H24N2O. The lowest BCUT2D eigenvalue weighted by Crippen LogP contribution is -2.31. The summed E-state index contributed by atoms with van der Waals surface area (Å²) in [5.74, 6) is 0.0163. The molecule has 20 heavy (non-hydrogen) atoms. The number of aryl methyl sites for hydroxylation is 2. The van der Waals surface area contributed by atoms with Gasteiger partial charge in [0.15, 0.2) is 0 Å². The Bertz CT molecular complexity index is 640. The van der Waals surface area contributed by atoms with E-state index in [-0.39, 0.29) is 11.9 Å². The zero-order valence-electron chi connectivity index (χ0n) is 13.1. The highest BCUT2D eigenvalue weighted by atomic mass is 16.1. The van der Waals surface area contributed by atoms with E-state index in [0.717, 1.165) is 18.5 Å². The summed E-state index contributed by atoms with van der Waals surface area (Å²) in [6, 6.07) is 6.21. The summed E-state index contributed by atoms with van der Waals surface area (Å²) in [6.07, 6.45) is 0.943. The van der Waals surface area contributed by atoms with Crippen molar-refractivity contribution in [2.75, 3.05) is 0 Å². The first-order valence-corrected chi connectivity index (χ1v) is 7.39. The summed E-state index contributed by atoms with van der Waals surface area (Å²) in [5, 5.41) is 4.20. The highest BCUT2D eigenvalue weighted by Gasteiger charge is 2.13. The van der Waals surface area contributed by atoms with Gasteiger partial charge in [0.05, 0.1) is 0 Å². The molecule has 0 fully saturated rings. The third-order valence-electron chi connectivity index (χ3n) is 4.21. The van der Waals surface area contributed by atoms with Crippen molar-refractivity contribution in [3.05, 3.63) is 35.0 Å². The molecule has 0 aliphatic carbocycles. The van der Waals surface area contributed by atoms with Crippen molar-refractivity contribution in [1.29, 1.82) is 0 Å². The van der Waals surface area contributed by atoms with E-state index in [0.29, 0.717) is 0 Å². The van der Waals surface area contributed by atoms with Gasteiger partial charge in [-0.05, 0) is 57.9 Å². The van der Waals surface area contributed by atoms with Crippen molar-refractivity contribution < 1.29 is 4.79 Å². The largest absolute Gasteiger partial charge is 0.350 e. The summed E-state index contributed by atoms with van der Waals surface area (Å²) in [5.41, 5.74) is 4.50. The van der Waals surface area contributed by atoms with Crippen LogP contribution in [0.3, 0.4) is 0 Å². The summed E-state index contributed by atoms with van der Waals surface area (Å²) in [6.45, 7) is 11.5. The third kappa shape index (κ3) is 2.45. The smallest absolute Gasteiger partial charge is 0.251 e. The van der Waals surface area contributed by atoms with E-state index in [2.05, 4.69) is 43.6 Å². The van der Waals surface area contributed by atoms with Crippen molar-refractivity contribution in [2.45, 2.75) is 53.6 Å². The molecule has 1 amide bonds. The van der Waals surface area contributed by atoms with Gasteiger partial charge in [0.1, 0.15) is 0 Å². The molecule has 2 rings (SSSR count). The Morgan fingerprint density at radius 3 is 2.60 bits per heavy atom. The highest BCUT2D eigenvalue weighted by Crippen LogP contribution is 2.26. The second-order valence-corrected chi connectivity index (χ2v) is 5.47. The number of carbonyl (C=O) groups is 1. The molecule has 1 aromatic heterocycles. The average molecular weight is 272 g/mol. The van der Waals surface area contributed by atoms with Gasteiger partial charge in [-0.1, -0.05) is 6.92 Å². The molecule has 0 unspecified atom stereocenters. The Labute approximate surface area is 121 Å². The molecule has 0 spiro atoms. The Morgan fingerprint density at radius 1 is 1.30 bits per heavy atom. The first-order valence-electron chi connectivity index (χ1n) is 7.39. The number of carbonyl (C=O) groups excluding carboxylic acids is 1. The van der Waals surface area contributed by atoms with E-state index >= 15 is 0 Å². The van der Waals surface area contributed by atoms with Crippen LogP contribution in [0.2, 0.25) is 0 Å². The Kier molecular flexibility index (Phi) is 4.17. The van der Waals surface area contributed by atoms with Gasteiger partial charge < -0.3 is 9.88 Å². The number of aromatic nitrogens is 1. The molecule has 3 nitrogen and oxygen atoms in total. The average Bonchev–Trinajstić information content (AvgIpc) is 2.70. The molecule has 0 saturated carbocycles. The zero-order valence-corrected chi connectivity index (χ0v) is 13.1. The fourth-order valence-electron chi connectivity index (χ4n) is 2.61. The van der Waals surface area contributed by atoms with Crippen LogP contribution in [0.4, 0.5) is 0 Å². The van der Waals surface area contributed by atoms with E-state index in [9.17, 15) is 4.79 Å². The maximum atomic E-state index is 12.2. The molecule has 0 aliphatic heterocycles. The van der Waals surface area contributed by atoms with Gasteiger partial charge in [0.25, 0.3) is 5.91 Å². The molecule has 0 bridgehead atoms. The molecule has 1 heterocycles. The van der Waals surface area contributed by atoms with Crippen molar-refractivity contribution in [3.63, 3.8) is 0 Å². The predicted octanol–water partition coefficient (Wildman–Crippen LogP) is 3.81. The second kappa shape index (κ2) is 5.70. The van der Waals surface area contributed by atoms with Crippen LogP contribution in [0.15, 0.2) is 18.2 Å². The summed E-state index contributed by atoms with van der Waals surface area (Å²) < 4.78 is 2.29. The van der Waals surface area contributed by atoms with E-state index in [4.69, 9.17) is 0 Å². The molecule has 1 N–H and O–H groups in total. The zero-order chi connectivity index (χ0) is 14.9. The molecule has 3 heteroatoms. The van der Waals surface area contributed by atoms with E-state index in [1.807, 2.05) is 19.1 Å². The van der Waals surface area contributed by atoms with Crippen LogP contribution < -0.4 is 5.32 Å². The number of nitrogens with one attached hydrogen (secondary N) is 1. The summed E-state index contributed by atoms with van der Waals surface area (Å²) in [7, 11) is 0. The summed E-state index contributed by atoms with van der Waals surface area (Å²) in [4.78, 5) is 12.2. The van der Waals surface area contributed by atoms with Crippen LogP contribution in [-0.4, -0.2) is 16.5 Å². The fraction of sp³-hybridized carbons (Fsp3) is 0.471. The summed E-state index contributed by atoms with van der Waals surface area (Å²) >= 11 is 0. The maximum absolute atomic E-state index is 12.2. The van der Waals surface area contributed by atoms with Crippen LogP contribution in [0.5, 0.6) is 0 Å². The topological polar surface area (TPSA) is 34.0 Å². The molecule has 2 aromatic rings. The van der Waals surface area contributed by atoms with Gasteiger partial charge in [-0.2, -0.15) is 0 Å². The quantitative estimate of drug-likeness (QED) is 0.902. The fourth-order valence-corrected chi connectivity index (χ4v) is 2.61. The lowest BCUT2D eigenvalue weighted by Gasteiger charge is -2.11. The predicted molar refractivity (Wildman–Crippen MR) is 84.3 cm³/mol. The van der Waals surface area contributed by atoms with Gasteiger partial charge in [-0.25, -0.2) is 0 Å². The van der Waals surface area contributed by atoms with Gasteiger partial charge >= 0.3 is 0 Å². The monoisotopic (exact) mass is 272 g/mol. The standard InChI is InChI=1S/C17H24N2O/c1-6-11(3)18-17(20)14-8-9-16-15(10-14)12(4)13(5)19(16)7-2/h8-11H,6-7H2,1-5H3,(H,18,20)/t11-/m0/s1. The number of nitrogens with zero attached hydrogens (tertiary/aromatic N) is 1. The van der Waals surface area contributed by atoms with Crippen LogP contribution in [0.25, 0.3) is 10.9 Å². The van der Waals surface area contributed by atoms with Crippen molar-refractivity contribution >= 4 is 16.8 Å². The number of hydrogen-bond acceptors (Lipinski definition) is 1. The Hall–Kier alpha value is -1.77. The van der Waals surface area contributed by atoms with Crippen molar-refractivity contribution in [1.82, 2.24) is 9.88 Å². The Balaban J connectivity index is 2.44. The van der Waals surface area contributed by atoms with Crippen LogP contribution in [0, 0.1) is 13.8 Å². The second-order valence-electron chi connectivity index (χ2n) is 5.47. The van der Waals surface area contributed by atoms with Gasteiger partial charge in [0.2, 0.25) is 0 Å². The first-order chi connectivity index (χ1) is 9.49. The van der Waals surface area contributed by atoms with E-state index < -0.39 is 0 Å². The normalized spacial score (nSPS) is 12.7. The minimum atomic E-state index is 0.0163. The number of benzene rings is 1. The maximum Gasteiger partial charge on any atom is 0.251 e. The lowest BCUT2D eigenvalue weighted by molar-refractivity contribution is 0.0939. The SMILES string of the molecule is CC[C@H](C)NC(=O)c1ccc2c(c1)c(C)c(C)n2CC. The van der Waals surface area contributed by atoms with E-state index in [1.54, 1.807) is 0 Å². The Morgan fingerprint density at radius 2 is 2.00 bits per heavy atom. The van der Waals surface area contributed by atoms with Crippen molar-refractivity contribution in [2.24, 2.45) is 0 Å². The van der Waals surface area contributed by atoms with E-state index in [1.165, 1.54) is 22.2 Å². The number of rotatable bonds is 4. The van der Waals surface area contributed by atoms with Crippen LogP contribution in [0.1, 0.15) is 48.8 Å². The number of fused-ring (bicyclic) bond motifs is 1. The van der Waals surface area contributed by atoms with Gasteiger partial charge in [-0.15, -0.1) is 0 Å². The minimum absolute atomic E-state index is 0.0163. The molecule has 0 saturated heterocycles. The third-order valence-corrected chi connectivity index (χ3v) is 4.21. The molecular weight excluding hydrogens is 248 g/mol. The van der Waals surface area contributed by atoms with Crippen LogP contribution >= 0.6 is 0 Å². The molecule has 1 atom stereocenters. The van der Waals surface area contributed by atoms with Crippen molar-refractivity contribution in [3.8, 4) is 0 Å². The highest BCUT2D eigenvalue weighted by molar-refractivity contribution is 5.99. The lowest BCUT2D eigenvalue weighted by atomic mass is 10.1. The van der Waals surface area contributed by atoms with Gasteiger partial charge in [-0.3, -0.25) is 4.79 Å². The molecule has 108 valence electrons. The van der Waals surface area contributed by atoms with Crippen LogP contribution in [-0.2, 0) is 6.54 Å². The molecule has 0 radical (unpaired) electrons. The number of amides is 1. The molecule has 1 aromatic carbocycles. The number of hydrogen-bond donors (Lipinski definition) is 1. The first kappa shape index (κ1) is 14.6.